The third-order valence-electron chi connectivity index (χ3n) is 5.13. The highest BCUT2D eigenvalue weighted by molar-refractivity contribution is 7.93. The molecule has 0 radical (unpaired) electrons. The fourth-order valence-electron chi connectivity index (χ4n) is 3.43. The molecule has 0 fully saturated rings. The topological polar surface area (TPSA) is 121 Å². The van der Waals surface area contributed by atoms with Crippen molar-refractivity contribution >= 4 is 21.7 Å². The van der Waals surface area contributed by atoms with Crippen LogP contribution in [0.5, 0.6) is 5.75 Å². The van der Waals surface area contributed by atoms with Crippen molar-refractivity contribution in [3.8, 4) is 17.1 Å². The van der Waals surface area contributed by atoms with E-state index in [-0.39, 0.29) is 18.7 Å². The summed E-state index contributed by atoms with van der Waals surface area (Å²) in [6.45, 7) is 11.2. The lowest BCUT2D eigenvalue weighted by molar-refractivity contribution is 0.00152. The number of aryl methyl sites for hydroxylation is 1. The number of rotatable bonds is 7. The molecule has 0 aliphatic carbocycles. The van der Waals surface area contributed by atoms with E-state index in [1.807, 2.05) is 45.0 Å². The summed E-state index contributed by atoms with van der Waals surface area (Å²) in [6.07, 6.45) is 2.13. The van der Waals surface area contributed by atoms with Gasteiger partial charge < -0.3 is 9.47 Å². The molecule has 0 saturated heterocycles. The predicted molar refractivity (Wildman–Crippen MR) is 124 cm³/mol. The fraction of sp³-hybridized carbons (Fsp3) is 0.364. The third kappa shape index (κ3) is 4.60. The largest absolute Gasteiger partial charge is 0.487 e. The van der Waals surface area contributed by atoms with Gasteiger partial charge in [-0.25, -0.2) is 18.4 Å². The van der Waals surface area contributed by atoms with Gasteiger partial charge in [-0.2, -0.15) is 0 Å². The van der Waals surface area contributed by atoms with E-state index in [0.29, 0.717) is 28.7 Å². The smallest absolute Gasteiger partial charge is 0.243 e. The van der Waals surface area contributed by atoms with Gasteiger partial charge in [-0.05, 0) is 45.4 Å². The maximum Gasteiger partial charge on any atom is 0.243 e. The molecule has 0 unspecified atom stereocenters. The molecule has 1 aliphatic rings. The van der Waals surface area contributed by atoms with Gasteiger partial charge in [0.25, 0.3) is 0 Å². The number of aromatic nitrogens is 5. The summed E-state index contributed by atoms with van der Waals surface area (Å²) < 4.78 is 42.6. The van der Waals surface area contributed by atoms with Crippen molar-refractivity contribution in [1.29, 1.82) is 0 Å². The number of hydrogen-bond donors (Lipinski definition) is 1. The van der Waals surface area contributed by atoms with Crippen LogP contribution < -0.4 is 9.46 Å². The van der Waals surface area contributed by atoms with Crippen LogP contribution in [0.15, 0.2) is 43.2 Å². The molecule has 2 atom stereocenters. The van der Waals surface area contributed by atoms with Crippen LogP contribution in [0.4, 0.5) is 5.95 Å². The second-order valence-corrected chi connectivity index (χ2v) is 10.1. The van der Waals surface area contributed by atoms with Crippen LogP contribution in [0.3, 0.4) is 0 Å². The summed E-state index contributed by atoms with van der Waals surface area (Å²) in [5.74, 6) is 1.37. The molecule has 3 aromatic rings. The molecule has 11 heteroatoms. The van der Waals surface area contributed by atoms with E-state index < -0.39 is 21.4 Å². The quantitative estimate of drug-likeness (QED) is 0.559. The first-order valence-electron chi connectivity index (χ1n) is 10.5. The maximum atomic E-state index is 13.4. The molecule has 1 aromatic carbocycles. The Labute approximate surface area is 192 Å². The van der Waals surface area contributed by atoms with Crippen LogP contribution >= 0.6 is 0 Å². The molecule has 174 valence electrons. The summed E-state index contributed by atoms with van der Waals surface area (Å²) in [4.78, 5) is 8.58. The molecule has 0 amide bonds. The van der Waals surface area contributed by atoms with Gasteiger partial charge in [0.2, 0.25) is 16.0 Å². The molecular weight excluding hydrogens is 444 g/mol. The number of sulfonamides is 1. The molecule has 1 N–H and O–H groups in total. The van der Waals surface area contributed by atoms with Crippen LogP contribution in [-0.2, 0) is 14.8 Å². The summed E-state index contributed by atoms with van der Waals surface area (Å²) in [6, 6.07) is 7.34. The standard InChI is InChI=1S/C22H26N6O4S/c1-13(2)32-19(20-23-10-14(3)11-24-20)16(5)33(29,30)27-22-26-25-21-17-8-6-7-9-18(17)31-12-15(4)28(21)22/h6-11,13,16,19H,4,12H2,1-3,5H3,(H,26,27)/t16-,19+/m0/s1. The Bertz CT molecular complexity index is 1270. The minimum atomic E-state index is -3.99. The SMILES string of the molecule is C=C1COc2ccccc2-c2nnc(NS(=O)(=O)[C@@H](C)[C@@H](OC(C)C)c3ncc(C)cn3)n21. The number of para-hydroxylation sites is 1. The highest BCUT2D eigenvalue weighted by Crippen LogP contribution is 2.35. The summed E-state index contributed by atoms with van der Waals surface area (Å²) in [7, 11) is -3.99. The lowest BCUT2D eigenvalue weighted by Crippen LogP contribution is -2.35. The third-order valence-corrected chi connectivity index (χ3v) is 6.82. The number of ether oxygens (including phenoxy) is 2. The number of benzene rings is 1. The van der Waals surface area contributed by atoms with Crippen molar-refractivity contribution in [3.05, 3.63) is 54.6 Å². The van der Waals surface area contributed by atoms with Crippen molar-refractivity contribution in [3.63, 3.8) is 0 Å². The van der Waals surface area contributed by atoms with Gasteiger partial charge in [0.1, 0.15) is 23.7 Å². The number of fused-ring (bicyclic) bond motifs is 3. The van der Waals surface area contributed by atoms with E-state index >= 15 is 0 Å². The first-order valence-corrected chi connectivity index (χ1v) is 12.0. The summed E-state index contributed by atoms with van der Waals surface area (Å²) >= 11 is 0. The Kier molecular flexibility index (Phi) is 6.17. The first-order chi connectivity index (χ1) is 15.7. The Hall–Kier alpha value is -3.31. The van der Waals surface area contributed by atoms with E-state index in [4.69, 9.17) is 9.47 Å². The number of anilines is 1. The average molecular weight is 471 g/mol. The van der Waals surface area contributed by atoms with Crippen LogP contribution in [0, 0.1) is 6.92 Å². The highest BCUT2D eigenvalue weighted by atomic mass is 32.2. The summed E-state index contributed by atoms with van der Waals surface area (Å²) in [5.41, 5.74) is 2.05. The number of hydrogen-bond acceptors (Lipinski definition) is 8. The zero-order chi connectivity index (χ0) is 23.8. The normalized spacial score (nSPS) is 15.2. The Morgan fingerprint density at radius 2 is 1.85 bits per heavy atom. The zero-order valence-corrected chi connectivity index (χ0v) is 19.7. The maximum absolute atomic E-state index is 13.4. The van der Waals surface area contributed by atoms with Crippen molar-refractivity contribution < 1.29 is 17.9 Å². The van der Waals surface area contributed by atoms with Gasteiger partial charge in [-0.15, -0.1) is 10.2 Å². The molecule has 10 nitrogen and oxygen atoms in total. The van der Waals surface area contributed by atoms with E-state index in [2.05, 4.69) is 31.5 Å². The molecule has 0 bridgehead atoms. The van der Waals surface area contributed by atoms with Gasteiger partial charge >= 0.3 is 0 Å². The van der Waals surface area contributed by atoms with Crippen LogP contribution in [0.25, 0.3) is 17.1 Å². The number of nitrogens with zero attached hydrogens (tertiary/aromatic N) is 5. The van der Waals surface area contributed by atoms with Gasteiger partial charge in [0, 0.05) is 12.4 Å². The van der Waals surface area contributed by atoms with Gasteiger partial charge in [0.15, 0.2) is 11.6 Å². The Morgan fingerprint density at radius 1 is 1.15 bits per heavy atom. The second-order valence-electron chi connectivity index (χ2n) is 8.11. The van der Waals surface area contributed by atoms with Gasteiger partial charge in [-0.1, -0.05) is 18.7 Å². The van der Waals surface area contributed by atoms with Gasteiger partial charge in [-0.3, -0.25) is 9.29 Å². The predicted octanol–water partition coefficient (Wildman–Crippen LogP) is 3.20. The highest BCUT2D eigenvalue weighted by Gasteiger charge is 2.36. The van der Waals surface area contributed by atoms with E-state index in [0.717, 1.165) is 5.56 Å². The number of nitrogens with one attached hydrogen (secondary N) is 1. The van der Waals surface area contributed by atoms with E-state index in [1.54, 1.807) is 23.9 Å². The fourth-order valence-corrected chi connectivity index (χ4v) is 4.52. The molecule has 1 aliphatic heterocycles. The monoisotopic (exact) mass is 470 g/mol. The van der Waals surface area contributed by atoms with Crippen LogP contribution in [-0.4, -0.2) is 51.1 Å². The van der Waals surface area contributed by atoms with E-state index in [9.17, 15) is 8.42 Å². The average Bonchev–Trinajstić information content (AvgIpc) is 3.12. The van der Waals surface area contributed by atoms with E-state index in [1.165, 1.54) is 0 Å². The minimum Gasteiger partial charge on any atom is -0.487 e. The lowest BCUT2D eigenvalue weighted by Gasteiger charge is -2.25. The Morgan fingerprint density at radius 3 is 2.55 bits per heavy atom. The molecule has 0 spiro atoms. The van der Waals surface area contributed by atoms with Crippen molar-refractivity contribution in [2.24, 2.45) is 0 Å². The minimum absolute atomic E-state index is 0.0234. The zero-order valence-electron chi connectivity index (χ0n) is 18.9. The van der Waals surface area contributed by atoms with Crippen molar-refractivity contribution in [1.82, 2.24) is 24.7 Å². The van der Waals surface area contributed by atoms with Crippen LogP contribution in [0.2, 0.25) is 0 Å². The van der Waals surface area contributed by atoms with Crippen molar-refractivity contribution in [2.45, 2.75) is 45.2 Å². The Balaban J connectivity index is 1.68. The molecule has 3 heterocycles. The van der Waals surface area contributed by atoms with Gasteiger partial charge in [0.05, 0.1) is 17.4 Å². The van der Waals surface area contributed by atoms with Crippen LogP contribution in [0.1, 0.15) is 38.3 Å². The first kappa shape index (κ1) is 22.9. The molecule has 33 heavy (non-hydrogen) atoms. The lowest BCUT2D eigenvalue weighted by atomic mass is 10.2. The molecular formula is C22H26N6O4S. The summed E-state index contributed by atoms with van der Waals surface area (Å²) in [5, 5.41) is 7.27. The molecule has 4 rings (SSSR count). The second kappa shape index (κ2) is 8.91. The molecule has 2 aromatic heterocycles. The molecule has 0 saturated carbocycles. The van der Waals surface area contributed by atoms with Crippen molar-refractivity contribution in [2.75, 3.05) is 11.3 Å².